The van der Waals surface area contributed by atoms with Crippen LogP contribution in [0.2, 0.25) is 0 Å². The summed E-state index contributed by atoms with van der Waals surface area (Å²) in [4.78, 5) is 0. The first-order chi connectivity index (χ1) is 9.33. The maximum atomic E-state index is 8.53. The van der Waals surface area contributed by atoms with Crippen molar-refractivity contribution in [2.24, 2.45) is 5.92 Å². The quantitative estimate of drug-likeness (QED) is 0.869. The highest BCUT2D eigenvalue weighted by molar-refractivity contribution is 5.49. The Kier molecular flexibility index (Phi) is 5.09. The van der Waals surface area contributed by atoms with E-state index in [9.17, 15) is 0 Å². The van der Waals surface area contributed by atoms with Gasteiger partial charge in [-0.1, -0.05) is 32.3 Å². The molecule has 2 atom stereocenters. The fourth-order valence-corrected chi connectivity index (χ4v) is 2.89. The van der Waals surface area contributed by atoms with Crippen molar-refractivity contribution in [1.29, 1.82) is 5.26 Å². The van der Waals surface area contributed by atoms with Crippen molar-refractivity contribution in [2.45, 2.75) is 45.1 Å². The van der Waals surface area contributed by atoms with Crippen LogP contribution in [0.3, 0.4) is 0 Å². The average Bonchev–Trinajstić information content (AvgIpc) is 2.46. The van der Waals surface area contributed by atoms with Crippen molar-refractivity contribution in [1.82, 2.24) is 0 Å². The van der Waals surface area contributed by atoms with E-state index in [1.807, 2.05) is 24.3 Å². The largest absolute Gasteiger partial charge is 0.479 e. The Hall–Kier alpha value is -1.69. The SMILES string of the molecule is CCC1CCCCC1Nc1cccc(OCC#N)c1. The summed E-state index contributed by atoms with van der Waals surface area (Å²) in [7, 11) is 0. The van der Waals surface area contributed by atoms with Crippen LogP contribution >= 0.6 is 0 Å². The van der Waals surface area contributed by atoms with Gasteiger partial charge in [-0.3, -0.25) is 0 Å². The smallest absolute Gasteiger partial charge is 0.174 e. The number of anilines is 1. The zero-order chi connectivity index (χ0) is 13.5. The molecular weight excluding hydrogens is 236 g/mol. The maximum Gasteiger partial charge on any atom is 0.174 e. The van der Waals surface area contributed by atoms with Gasteiger partial charge in [0.1, 0.15) is 11.8 Å². The first-order valence-corrected chi connectivity index (χ1v) is 7.20. The predicted octanol–water partition coefficient (Wildman–Crippen LogP) is 3.97. The molecule has 1 saturated carbocycles. The van der Waals surface area contributed by atoms with Crippen molar-refractivity contribution >= 4 is 5.69 Å². The number of nitriles is 1. The summed E-state index contributed by atoms with van der Waals surface area (Å²) in [5.41, 5.74) is 1.10. The van der Waals surface area contributed by atoms with E-state index in [4.69, 9.17) is 10.00 Å². The Morgan fingerprint density at radius 3 is 3.00 bits per heavy atom. The van der Waals surface area contributed by atoms with E-state index in [0.29, 0.717) is 6.04 Å². The molecule has 2 unspecified atom stereocenters. The predicted molar refractivity (Wildman–Crippen MR) is 77.2 cm³/mol. The molecule has 1 fully saturated rings. The van der Waals surface area contributed by atoms with E-state index in [2.05, 4.69) is 18.3 Å². The van der Waals surface area contributed by atoms with Gasteiger partial charge in [-0.15, -0.1) is 0 Å². The van der Waals surface area contributed by atoms with Crippen LogP contribution in [0.5, 0.6) is 5.75 Å². The van der Waals surface area contributed by atoms with E-state index in [1.54, 1.807) is 0 Å². The third-order valence-electron chi connectivity index (χ3n) is 3.92. The molecule has 0 saturated heterocycles. The van der Waals surface area contributed by atoms with E-state index in [1.165, 1.54) is 32.1 Å². The third kappa shape index (κ3) is 3.89. The second kappa shape index (κ2) is 7.04. The Morgan fingerprint density at radius 2 is 2.21 bits per heavy atom. The summed E-state index contributed by atoms with van der Waals surface area (Å²) in [6.07, 6.45) is 6.50. The molecule has 102 valence electrons. The number of rotatable bonds is 5. The molecule has 0 amide bonds. The number of ether oxygens (including phenoxy) is 1. The van der Waals surface area contributed by atoms with Crippen LogP contribution in [0.15, 0.2) is 24.3 Å². The van der Waals surface area contributed by atoms with Crippen LogP contribution in [0.25, 0.3) is 0 Å². The zero-order valence-electron chi connectivity index (χ0n) is 11.6. The van der Waals surface area contributed by atoms with Crippen LogP contribution in [-0.2, 0) is 0 Å². The topological polar surface area (TPSA) is 45.0 Å². The summed E-state index contributed by atoms with van der Waals surface area (Å²) in [5.74, 6) is 1.54. The number of nitrogens with one attached hydrogen (secondary N) is 1. The lowest BCUT2D eigenvalue weighted by Gasteiger charge is -2.32. The van der Waals surface area contributed by atoms with Gasteiger partial charge in [-0.25, -0.2) is 0 Å². The fourth-order valence-electron chi connectivity index (χ4n) is 2.89. The highest BCUT2D eigenvalue weighted by Crippen LogP contribution is 2.30. The summed E-state index contributed by atoms with van der Waals surface area (Å²) < 4.78 is 5.34. The molecule has 1 aromatic rings. The lowest BCUT2D eigenvalue weighted by atomic mass is 9.83. The zero-order valence-corrected chi connectivity index (χ0v) is 11.6. The molecular formula is C16H22N2O. The molecule has 3 nitrogen and oxygen atoms in total. The van der Waals surface area contributed by atoms with E-state index in [-0.39, 0.29) is 6.61 Å². The van der Waals surface area contributed by atoms with Gasteiger partial charge in [-0.05, 0) is 30.9 Å². The van der Waals surface area contributed by atoms with Crippen LogP contribution in [0, 0.1) is 17.2 Å². The molecule has 0 aliphatic heterocycles. The Morgan fingerprint density at radius 1 is 1.37 bits per heavy atom. The molecule has 1 aliphatic carbocycles. The van der Waals surface area contributed by atoms with E-state index >= 15 is 0 Å². The highest BCUT2D eigenvalue weighted by Gasteiger charge is 2.23. The van der Waals surface area contributed by atoms with E-state index < -0.39 is 0 Å². The van der Waals surface area contributed by atoms with Crippen molar-refractivity contribution in [3.63, 3.8) is 0 Å². The van der Waals surface area contributed by atoms with Gasteiger partial charge in [0, 0.05) is 17.8 Å². The average molecular weight is 258 g/mol. The minimum Gasteiger partial charge on any atom is -0.479 e. The van der Waals surface area contributed by atoms with Crippen LogP contribution in [0.4, 0.5) is 5.69 Å². The van der Waals surface area contributed by atoms with Gasteiger partial charge in [0.05, 0.1) is 0 Å². The van der Waals surface area contributed by atoms with Gasteiger partial charge in [-0.2, -0.15) is 5.26 Å². The molecule has 1 N–H and O–H groups in total. The molecule has 3 heteroatoms. The normalized spacial score (nSPS) is 22.5. The van der Waals surface area contributed by atoms with Crippen LogP contribution < -0.4 is 10.1 Å². The Bertz CT molecular complexity index is 439. The molecule has 0 radical (unpaired) electrons. The minimum absolute atomic E-state index is 0.102. The Labute approximate surface area is 115 Å². The van der Waals surface area contributed by atoms with Gasteiger partial charge in [0.25, 0.3) is 0 Å². The van der Waals surface area contributed by atoms with Gasteiger partial charge >= 0.3 is 0 Å². The number of hydrogen-bond acceptors (Lipinski definition) is 3. The van der Waals surface area contributed by atoms with Crippen molar-refractivity contribution < 1.29 is 4.74 Å². The van der Waals surface area contributed by atoms with Crippen molar-refractivity contribution in [3.8, 4) is 11.8 Å². The second-order valence-electron chi connectivity index (χ2n) is 5.18. The summed E-state index contributed by atoms with van der Waals surface area (Å²) in [5, 5.41) is 12.2. The highest BCUT2D eigenvalue weighted by atomic mass is 16.5. The van der Waals surface area contributed by atoms with Crippen LogP contribution in [0.1, 0.15) is 39.0 Å². The second-order valence-corrected chi connectivity index (χ2v) is 5.18. The lowest BCUT2D eigenvalue weighted by Crippen LogP contribution is -2.31. The van der Waals surface area contributed by atoms with Gasteiger partial charge in [0.2, 0.25) is 0 Å². The maximum absolute atomic E-state index is 8.53. The standard InChI is InChI=1S/C16H22N2O/c1-2-13-6-3-4-9-16(13)18-14-7-5-8-15(12-14)19-11-10-17/h5,7-8,12-13,16,18H,2-4,6,9,11H2,1H3. The number of hydrogen-bond donors (Lipinski definition) is 1. The first-order valence-electron chi connectivity index (χ1n) is 7.20. The van der Waals surface area contributed by atoms with Crippen molar-refractivity contribution in [3.05, 3.63) is 24.3 Å². The molecule has 0 aromatic heterocycles. The van der Waals surface area contributed by atoms with E-state index in [0.717, 1.165) is 17.4 Å². The molecule has 0 spiro atoms. The minimum atomic E-state index is 0.102. The third-order valence-corrected chi connectivity index (χ3v) is 3.92. The molecule has 2 rings (SSSR count). The molecule has 0 heterocycles. The summed E-state index contributed by atoms with van der Waals surface area (Å²) >= 11 is 0. The molecule has 0 bridgehead atoms. The monoisotopic (exact) mass is 258 g/mol. The summed E-state index contributed by atoms with van der Waals surface area (Å²) in [6.45, 7) is 2.38. The lowest BCUT2D eigenvalue weighted by molar-refractivity contribution is 0.317. The number of nitrogens with zero attached hydrogens (tertiary/aromatic N) is 1. The van der Waals surface area contributed by atoms with Gasteiger partial charge in [0.15, 0.2) is 6.61 Å². The molecule has 1 aliphatic rings. The fraction of sp³-hybridized carbons (Fsp3) is 0.562. The first kappa shape index (κ1) is 13.7. The van der Waals surface area contributed by atoms with Gasteiger partial charge < -0.3 is 10.1 Å². The van der Waals surface area contributed by atoms with Crippen molar-refractivity contribution in [2.75, 3.05) is 11.9 Å². The number of benzene rings is 1. The molecule has 19 heavy (non-hydrogen) atoms. The molecule has 1 aromatic carbocycles. The Balaban J connectivity index is 1.99. The summed E-state index contributed by atoms with van der Waals surface area (Å²) in [6, 6.07) is 10.5. The van der Waals surface area contributed by atoms with Crippen LogP contribution in [-0.4, -0.2) is 12.6 Å².